The molecule has 154 valence electrons. The van der Waals surface area contributed by atoms with Gasteiger partial charge in [0.25, 0.3) is 0 Å². The molecular formula is C18H4F8N2O2. The number of aromatic nitrogens is 2. The molecule has 2 atom stereocenters. The number of benzene rings is 2. The first kappa shape index (κ1) is 18.6. The van der Waals surface area contributed by atoms with E-state index in [1.165, 1.54) is 24.3 Å². The lowest BCUT2D eigenvalue weighted by atomic mass is 9.92. The van der Waals surface area contributed by atoms with Gasteiger partial charge < -0.3 is 9.47 Å². The normalized spacial score (nSPS) is 24.7. The second-order valence-corrected chi connectivity index (χ2v) is 6.35. The third kappa shape index (κ3) is 2.00. The summed E-state index contributed by atoms with van der Waals surface area (Å²) in [5.41, 5.74) is -2.64. The molecule has 2 aliphatic rings. The zero-order valence-corrected chi connectivity index (χ0v) is 14.0. The molecular weight excluding hydrogens is 428 g/mol. The van der Waals surface area contributed by atoms with Gasteiger partial charge in [0.1, 0.15) is 5.69 Å². The van der Waals surface area contributed by atoms with Crippen LogP contribution in [0.3, 0.4) is 0 Å². The molecule has 1 aliphatic heterocycles. The summed E-state index contributed by atoms with van der Waals surface area (Å²) >= 11 is 0. The van der Waals surface area contributed by atoms with Crippen LogP contribution >= 0.6 is 0 Å². The van der Waals surface area contributed by atoms with Crippen LogP contribution in [0.25, 0.3) is 16.9 Å². The third-order valence-corrected chi connectivity index (χ3v) is 4.64. The highest BCUT2D eigenvalue weighted by atomic mass is 19.2. The lowest BCUT2D eigenvalue weighted by molar-refractivity contribution is -0.278. The number of rotatable bonds is 0. The van der Waals surface area contributed by atoms with Crippen molar-refractivity contribution in [2.75, 3.05) is 0 Å². The van der Waals surface area contributed by atoms with Crippen LogP contribution in [0, 0.1) is 23.3 Å². The van der Waals surface area contributed by atoms with Crippen LogP contribution in [0.5, 0.6) is 11.5 Å². The third-order valence-electron chi connectivity index (χ3n) is 4.64. The van der Waals surface area contributed by atoms with E-state index in [1.54, 1.807) is 0 Å². The van der Waals surface area contributed by atoms with Gasteiger partial charge in [-0.1, -0.05) is 12.1 Å². The highest BCUT2D eigenvalue weighted by Gasteiger charge is 2.72. The maximum absolute atomic E-state index is 15.8. The monoisotopic (exact) mass is 432 g/mol. The zero-order valence-electron chi connectivity index (χ0n) is 14.0. The molecule has 0 N–H and O–H groups in total. The molecule has 2 heterocycles. The topological polar surface area (TPSA) is 44.2 Å². The zero-order chi connectivity index (χ0) is 21.6. The minimum absolute atomic E-state index is 0.0448. The van der Waals surface area contributed by atoms with Crippen LogP contribution < -0.4 is 9.47 Å². The average Bonchev–Trinajstić information content (AvgIpc) is 2.75. The summed E-state index contributed by atoms with van der Waals surface area (Å²) in [5, 5.41) is 0. The van der Waals surface area contributed by atoms with E-state index in [0.717, 1.165) is 0 Å². The largest absolute Gasteiger partial charge is 0.439 e. The Hall–Kier alpha value is -3.44. The number of hydrogen-bond acceptors (Lipinski definition) is 4. The van der Waals surface area contributed by atoms with Crippen molar-refractivity contribution >= 4 is 16.9 Å². The van der Waals surface area contributed by atoms with Crippen molar-refractivity contribution in [3.05, 3.63) is 64.7 Å². The molecule has 2 aromatic carbocycles. The van der Waals surface area contributed by atoms with E-state index in [0.29, 0.717) is 0 Å². The SMILES string of the molecule is FC1=C(F)C2(F)Oc3c(F)c(F)c(F)c(F)c3OC2(F)c2nc3ccccc3nc21. The van der Waals surface area contributed by atoms with Crippen molar-refractivity contribution in [2.24, 2.45) is 0 Å². The van der Waals surface area contributed by atoms with Gasteiger partial charge in [0.2, 0.25) is 40.6 Å². The van der Waals surface area contributed by atoms with Crippen molar-refractivity contribution in [3.8, 4) is 11.5 Å². The summed E-state index contributed by atoms with van der Waals surface area (Å²) in [7, 11) is 0. The van der Waals surface area contributed by atoms with Gasteiger partial charge in [-0.3, -0.25) is 0 Å². The summed E-state index contributed by atoms with van der Waals surface area (Å²) in [5.74, 6) is -26.6. The van der Waals surface area contributed by atoms with Crippen molar-refractivity contribution in [1.29, 1.82) is 0 Å². The summed E-state index contributed by atoms with van der Waals surface area (Å²) in [6, 6.07) is 5.41. The molecule has 0 fully saturated rings. The van der Waals surface area contributed by atoms with Crippen LogP contribution in [0.1, 0.15) is 11.4 Å². The van der Waals surface area contributed by atoms with E-state index in [1.807, 2.05) is 0 Å². The van der Waals surface area contributed by atoms with Gasteiger partial charge in [0, 0.05) is 0 Å². The van der Waals surface area contributed by atoms with Crippen LogP contribution in [-0.4, -0.2) is 15.8 Å². The Bertz CT molecular complexity index is 1310. The molecule has 2 unspecified atom stereocenters. The Kier molecular flexibility index (Phi) is 3.46. The first-order valence-electron chi connectivity index (χ1n) is 8.05. The number of nitrogens with zero attached hydrogens (tertiary/aromatic N) is 2. The first-order valence-corrected chi connectivity index (χ1v) is 8.05. The number of alkyl halides is 2. The van der Waals surface area contributed by atoms with Crippen molar-refractivity contribution < 1.29 is 44.6 Å². The summed E-state index contributed by atoms with van der Waals surface area (Å²) in [6.45, 7) is 0. The summed E-state index contributed by atoms with van der Waals surface area (Å²) in [4.78, 5) is 7.32. The Balaban J connectivity index is 1.86. The van der Waals surface area contributed by atoms with E-state index >= 15 is 8.78 Å². The Labute approximate surface area is 160 Å². The molecule has 4 nitrogen and oxygen atoms in total. The molecule has 12 heteroatoms. The van der Waals surface area contributed by atoms with Crippen LogP contribution in [-0.2, 0) is 5.85 Å². The van der Waals surface area contributed by atoms with Gasteiger partial charge in [-0.25, -0.2) is 27.5 Å². The number of hydrogen-bond donors (Lipinski definition) is 0. The minimum Gasteiger partial charge on any atom is -0.439 e. The number of halogens is 8. The molecule has 30 heavy (non-hydrogen) atoms. The second-order valence-electron chi connectivity index (χ2n) is 6.35. The van der Waals surface area contributed by atoms with Crippen molar-refractivity contribution in [3.63, 3.8) is 0 Å². The van der Waals surface area contributed by atoms with Crippen molar-refractivity contribution in [1.82, 2.24) is 9.97 Å². The number of ether oxygens (including phenoxy) is 2. The summed E-state index contributed by atoms with van der Waals surface area (Å²) in [6.07, 6.45) is 0. The molecule has 0 amide bonds. The van der Waals surface area contributed by atoms with Gasteiger partial charge in [0.15, 0.2) is 11.5 Å². The van der Waals surface area contributed by atoms with E-state index in [4.69, 9.17) is 0 Å². The molecule has 0 spiro atoms. The Morgan fingerprint density at radius 2 is 1.17 bits per heavy atom. The van der Waals surface area contributed by atoms with Crippen LogP contribution in [0.4, 0.5) is 35.1 Å². The smallest absolute Gasteiger partial charge is 0.380 e. The summed E-state index contributed by atoms with van der Waals surface area (Å²) < 4.78 is 124. The molecule has 1 aliphatic carbocycles. The molecule has 0 bridgehead atoms. The van der Waals surface area contributed by atoms with E-state index < -0.39 is 69.5 Å². The van der Waals surface area contributed by atoms with Gasteiger partial charge in [-0.05, 0) is 12.1 Å². The average molecular weight is 432 g/mol. The molecule has 3 aromatic rings. The van der Waals surface area contributed by atoms with E-state index in [9.17, 15) is 26.3 Å². The Morgan fingerprint density at radius 1 is 0.667 bits per heavy atom. The first-order chi connectivity index (χ1) is 14.1. The fourth-order valence-corrected chi connectivity index (χ4v) is 3.20. The minimum atomic E-state index is -4.59. The lowest BCUT2D eigenvalue weighted by Crippen LogP contribution is -2.59. The molecule has 0 saturated heterocycles. The second kappa shape index (κ2) is 5.58. The van der Waals surface area contributed by atoms with Crippen molar-refractivity contribution in [2.45, 2.75) is 11.7 Å². The van der Waals surface area contributed by atoms with E-state index in [2.05, 4.69) is 19.4 Å². The van der Waals surface area contributed by atoms with Gasteiger partial charge in [0.05, 0.1) is 11.0 Å². The standard InChI is InChI=1S/C18H4F8N2O2/c19-7-8(20)10(22)14-13(9(7)21)29-17(25)15(24)11(23)12-16(18(17,26)30-14)28-6-4-2-1-3-5(6)27-12/h1-4H. The maximum Gasteiger partial charge on any atom is 0.380 e. The maximum atomic E-state index is 15.8. The van der Waals surface area contributed by atoms with Crippen LogP contribution in [0.2, 0.25) is 0 Å². The molecule has 0 saturated carbocycles. The van der Waals surface area contributed by atoms with Gasteiger partial charge in [-0.15, -0.1) is 0 Å². The lowest BCUT2D eigenvalue weighted by Gasteiger charge is -2.43. The van der Waals surface area contributed by atoms with E-state index in [-0.39, 0.29) is 11.0 Å². The number of para-hydroxylation sites is 2. The van der Waals surface area contributed by atoms with Gasteiger partial charge in [-0.2, -0.15) is 17.6 Å². The molecule has 0 radical (unpaired) electrons. The predicted molar refractivity (Wildman–Crippen MR) is 82.8 cm³/mol. The molecule has 1 aromatic heterocycles. The highest BCUT2D eigenvalue weighted by molar-refractivity contribution is 5.78. The fourth-order valence-electron chi connectivity index (χ4n) is 3.20. The quantitative estimate of drug-likeness (QED) is 0.283. The fraction of sp³-hybridized carbons (Fsp3) is 0.111. The highest BCUT2D eigenvalue weighted by Crippen LogP contribution is 2.59. The van der Waals surface area contributed by atoms with Crippen LogP contribution in [0.15, 0.2) is 30.1 Å². The molecule has 5 rings (SSSR count). The van der Waals surface area contributed by atoms with Gasteiger partial charge >= 0.3 is 11.7 Å². The predicted octanol–water partition coefficient (Wildman–Crippen LogP) is 5.07. The number of fused-ring (bicyclic) bond motifs is 5. The Morgan fingerprint density at radius 3 is 1.73 bits per heavy atom.